The van der Waals surface area contributed by atoms with E-state index in [0.29, 0.717) is 30.4 Å². The quantitative estimate of drug-likeness (QED) is 0.780. The fourth-order valence-corrected chi connectivity index (χ4v) is 1.59. The molecular weight excluding hydrogens is 283 g/mol. The van der Waals surface area contributed by atoms with Crippen LogP contribution in [0.25, 0.3) is 0 Å². The SMILES string of the molecule is CC(C)(C)Oc1nc(NCCCCC(F)(F)F)ccc1N. The Morgan fingerprint density at radius 2 is 1.86 bits per heavy atom. The highest BCUT2D eigenvalue weighted by molar-refractivity contribution is 5.53. The first-order valence-corrected chi connectivity index (χ1v) is 6.83. The molecule has 0 saturated carbocycles. The second-order valence-electron chi connectivity index (χ2n) is 5.80. The molecule has 0 aliphatic heterocycles. The number of pyridine rings is 1. The van der Waals surface area contributed by atoms with Gasteiger partial charge in [-0.1, -0.05) is 0 Å². The van der Waals surface area contributed by atoms with Crippen molar-refractivity contribution in [2.24, 2.45) is 0 Å². The van der Waals surface area contributed by atoms with Crippen molar-refractivity contribution >= 4 is 11.5 Å². The van der Waals surface area contributed by atoms with E-state index < -0.39 is 18.2 Å². The number of alkyl halides is 3. The Balaban J connectivity index is 2.47. The van der Waals surface area contributed by atoms with Crippen molar-refractivity contribution in [2.45, 2.75) is 51.8 Å². The van der Waals surface area contributed by atoms with Gasteiger partial charge in [0.2, 0.25) is 5.88 Å². The molecule has 4 nitrogen and oxygen atoms in total. The smallest absolute Gasteiger partial charge is 0.389 e. The van der Waals surface area contributed by atoms with Crippen LogP contribution < -0.4 is 15.8 Å². The minimum atomic E-state index is -4.09. The first-order valence-electron chi connectivity index (χ1n) is 6.83. The van der Waals surface area contributed by atoms with E-state index in [-0.39, 0.29) is 6.42 Å². The Morgan fingerprint density at radius 3 is 2.43 bits per heavy atom. The van der Waals surface area contributed by atoms with E-state index in [9.17, 15) is 13.2 Å². The molecule has 120 valence electrons. The molecule has 0 spiro atoms. The fraction of sp³-hybridized carbons (Fsp3) is 0.643. The number of ether oxygens (including phenoxy) is 1. The van der Waals surface area contributed by atoms with E-state index in [1.165, 1.54) is 0 Å². The van der Waals surface area contributed by atoms with Crippen molar-refractivity contribution < 1.29 is 17.9 Å². The Labute approximate surface area is 122 Å². The number of halogens is 3. The van der Waals surface area contributed by atoms with Crippen LogP contribution in [-0.4, -0.2) is 23.3 Å². The highest BCUT2D eigenvalue weighted by Crippen LogP contribution is 2.25. The van der Waals surface area contributed by atoms with Gasteiger partial charge in [-0.3, -0.25) is 0 Å². The van der Waals surface area contributed by atoms with Crippen LogP contribution in [0.3, 0.4) is 0 Å². The molecule has 0 unspecified atom stereocenters. The van der Waals surface area contributed by atoms with Crippen molar-refractivity contribution in [1.82, 2.24) is 4.98 Å². The molecule has 0 atom stereocenters. The molecule has 0 aliphatic carbocycles. The molecule has 0 aromatic carbocycles. The molecule has 0 bridgehead atoms. The number of unbranched alkanes of at least 4 members (excludes halogenated alkanes) is 1. The average molecular weight is 305 g/mol. The van der Waals surface area contributed by atoms with Crippen LogP contribution in [0.15, 0.2) is 12.1 Å². The van der Waals surface area contributed by atoms with Crippen molar-refractivity contribution in [2.75, 3.05) is 17.6 Å². The maximum absolute atomic E-state index is 12.0. The zero-order valence-corrected chi connectivity index (χ0v) is 12.5. The normalized spacial score (nSPS) is 12.3. The van der Waals surface area contributed by atoms with E-state index in [1.54, 1.807) is 12.1 Å². The predicted octanol–water partition coefficient (Wildman–Crippen LogP) is 3.99. The number of nitrogens with two attached hydrogens (primary N) is 1. The van der Waals surface area contributed by atoms with E-state index in [0.717, 1.165) is 0 Å². The fourth-order valence-electron chi connectivity index (χ4n) is 1.59. The van der Waals surface area contributed by atoms with Gasteiger partial charge in [0.05, 0.1) is 5.69 Å². The molecule has 0 amide bonds. The van der Waals surface area contributed by atoms with Crippen molar-refractivity contribution in [3.8, 4) is 5.88 Å². The van der Waals surface area contributed by atoms with Crippen LogP contribution in [0, 0.1) is 0 Å². The summed E-state index contributed by atoms with van der Waals surface area (Å²) in [4.78, 5) is 4.22. The zero-order valence-electron chi connectivity index (χ0n) is 12.5. The Bertz CT molecular complexity index is 456. The van der Waals surface area contributed by atoms with Gasteiger partial charge in [-0.25, -0.2) is 0 Å². The second-order valence-corrected chi connectivity index (χ2v) is 5.80. The van der Waals surface area contributed by atoms with E-state index in [1.807, 2.05) is 20.8 Å². The molecule has 0 radical (unpaired) electrons. The second kappa shape index (κ2) is 6.87. The van der Waals surface area contributed by atoms with Crippen molar-refractivity contribution in [3.63, 3.8) is 0 Å². The van der Waals surface area contributed by atoms with Crippen LogP contribution in [0.2, 0.25) is 0 Å². The first-order chi connectivity index (χ1) is 9.57. The van der Waals surface area contributed by atoms with Gasteiger partial charge in [0.25, 0.3) is 0 Å². The summed E-state index contributed by atoms with van der Waals surface area (Å²) in [6.07, 6.45) is -4.34. The molecule has 1 rings (SSSR count). The average Bonchev–Trinajstić information content (AvgIpc) is 2.29. The first kappa shape index (κ1) is 17.4. The molecule has 0 aliphatic rings. The lowest BCUT2D eigenvalue weighted by atomic mass is 10.2. The molecule has 1 aromatic rings. The van der Waals surface area contributed by atoms with Crippen molar-refractivity contribution in [1.29, 1.82) is 0 Å². The lowest BCUT2D eigenvalue weighted by molar-refractivity contribution is -0.135. The van der Waals surface area contributed by atoms with Gasteiger partial charge in [0, 0.05) is 13.0 Å². The summed E-state index contributed by atoms with van der Waals surface area (Å²) in [5.74, 6) is 0.859. The molecular formula is C14H22F3N3O. The van der Waals surface area contributed by atoms with Gasteiger partial charge >= 0.3 is 6.18 Å². The third-order valence-electron chi connectivity index (χ3n) is 2.49. The Kier molecular flexibility index (Phi) is 5.69. The molecule has 7 heteroatoms. The Hall–Kier alpha value is -1.66. The predicted molar refractivity (Wildman–Crippen MR) is 77.4 cm³/mol. The maximum atomic E-state index is 12.0. The highest BCUT2D eigenvalue weighted by atomic mass is 19.4. The summed E-state index contributed by atoms with van der Waals surface area (Å²) in [6.45, 7) is 6.06. The van der Waals surface area contributed by atoms with Crippen molar-refractivity contribution in [3.05, 3.63) is 12.1 Å². The molecule has 0 fully saturated rings. The summed E-state index contributed by atoms with van der Waals surface area (Å²) in [5.41, 5.74) is 5.78. The maximum Gasteiger partial charge on any atom is 0.389 e. The summed E-state index contributed by atoms with van der Waals surface area (Å²) < 4.78 is 41.6. The van der Waals surface area contributed by atoms with E-state index >= 15 is 0 Å². The number of nitrogen functional groups attached to an aromatic ring is 1. The van der Waals surface area contributed by atoms with Gasteiger partial charge in [0.15, 0.2) is 0 Å². The number of hydrogen-bond donors (Lipinski definition) is 2. The minimum Gasteiger partial charge on any atom is -0.470 e. The third kappa shape index (κ3) is 7.63. The lowest BCUT2D eigenvalue weighted by Gasteiger charge is -2.21. The molecule has 21 heavy (non-hydrogen) atoms. The number of rotatable bonds is 6. The van der Waals surface area contributed by atoms with Gasteiger partial charge in [-0.15, -0.1) is 0 Å². The number of aromatic nitrogens is 1. The van der Waals surface area contributed by atoms with Gasteiger partial charge in [-0.05, 0) is 45.7 Å². The van der Waals surface area contributed by atoms with Crippen LogP contribution >= 0.6 is 0 Å². The van der Waals surface area contributed by atoms with E-state index in [2.05, 4.69) is 10.3 Å². The van der Waals surface area contributed by atoms with Gasteiger partial charge < -0.3 is 15.8 Å². The van der Waals surface area contributed by atoms with Crippen LogP contribution in [-0.2, 0) is 0 Å². The number of nitrogens with one attached hydrogen (secondary N) is 1. The summed E-state index contributed by atoms with van der Waals surface area (Å²) >= 11 is 0. The van der Waals surface area contributed by atoms with Gasteiger partial charge in [-0.2, -0.15) is 18.2 Å². The zero-order chi connectivity index (χ0) is 16.1. The summed E-state index contributed by atoms with van der Waals surface area (Å²) in [6, 6.07) is 3.33. The lowest BCUT2D eigenvalue weighted by Crippen LogP contribution is -2.24. The summed E-state index contributed by atoms with van der Waals surface area (Å²) in [5, 5.41) is 2.97. The molecule has 1 heterocycles. The molecule has 1 aromatic heterocycles. The monoisotopic (exact) mass is 305 g/mol. The molecule has 0 saturated heterocycles. The number of hydrogen-bond acceptors (Lipinski definition) is 4. The number of anilines is 2. The minimum absolute atomic E-state index is 0.0941. The van der Waals surface area contributed by atoms with Crippen LogP contribution in [0.1, 0.15) is 40.0 Å². The third-order valence-corrected chi connectivity index (χ3v) is 2.49. The Morgan fingerprint density at radius 1 is 1.19 bits per heavy atom. The molecule has 3 N–H and O–H groups in total. The summed E-state index contributed by atoms with van der Waals surface area (Å²) in [7, 11) is 0. The van der Waals surface area contributed by atoms with E-state index in [4.69, 9.17) is 10.5 Å². The van der Waals surface area contributed by atoms with Crippen LogP contribution in [0.4, 0.5) is 24.7 Å². The standard InChI is InChI=1S/C14H22F3N3O/c1-13(2,3)21-12-10(18)6-7-11(20-12)19-9-5-4-8-14(15,16)17/h6-7H,4-5,8-9,18H2,1-3H3,(H,19,20). The highest BCUT2D eigenvalue weighted by Gasteiger charge is 2.25. The van der Waals surface area contributed by atoms with Crippen LogP contribution in [0.5, 0.6) is 5.88 Å². The largest absolute Gasteiger partial charge is 0.470 e. The topological polar surface area (TPSA) is 60.2 Å². The van der Waals surface area contributed by atoms with Gasteiger partial charge in [0.1, 0.15) is 11.4 Å². The number of nitrogens with zero attached hydrogens (tertiary/aromatic N) is 1.